The first-order valence-electron chi connectivity index (χ1n) is 9.00. The minimum absolute atomic E-state index is 0.136. The molecule has 0 aliphatic heterocycles. The largest absolute Gasteiger partial charge is 0.312 e. The fourth-order valence-electron chi connectivity index (χ4n) is 2.88. The number of halogens is 2. The maximum Gasteiger partial charge on any atom is 0.250 e. The lowest BCUT2D eigenvalue weighted by molar-refractivity contribution is -0.116. The molecule has 0 spiro atoms. The fraction of sp³-hybridized carbons (Fsp3) is 0.136. The molecule has 0 bridgehead atoms. The number of carbonyl (C=O) groups excluding carboxylic acids is 2. The molecular weight excluding hydrogens is 469 g/mol. The second kappa shape index (κ2) is 9.32. The van der Waals surface area contributed by atoms with E-state index in [1.165, 1.54) is 41.4 Å². The Morgan fingerprint density at radius 1 is 1.17 bits per heavy atom. The number of aryl methyl sites for hydroxylation is 1. The van der Waals surface area contributed by atoms with Gasteiger partial charge in [0.2, 0.25) is 5.91 Å². The van der Waals surface area contributed by atoms with Gasteiger partial charge in [0, 0.05) is 35.6 Å². The maximum absolute atomic E-state index is 14.2. The van der Waals surface area contributed by atoms with Crippen LogP contribution in [0, 0.1) is 12.7 Å². The van der Waals surface area contributed by atoms with E-state index in [1.54, 1.807) is 35.5 Å². The Morgan fingerprint density at radius 3 is 2.57 bits per heavy atom. The van der Waals surface area contributed by atoms with Crippen molar-refractivity contribution in [3.8, 4) is 0 Å². The van der Waals surface area contributed by atoms with Gasteiger partial charge in [-0.15, -0.1) is 11.3 Å². The number of aromatic nitrogens is 1. The Labute approximate surface area is 186 Å². The number of hydrogen-bond acceptors (Lipinski definition) is 4. The second-order valence-electron chi connectivity index (χ2n) is 6.52. The van der Waals surface area contributed by atoms with Crippen LogP contribution < -0.4 is 9.80 Å². The molecule has 0 unspecified atom stereocenters. The zero-order valence-corrected chi connectivity index (χ0v) is 19.0. The molecule has 2 aromatic carbocycles. The Balaban J connectivity index is 1.80. The van der Waals surface area contributed by atoms with Crippen LogP contribution in [0.2, 0.25) is 0 Å². The molecule has 8 heteroatoms. The summed E-state index contributed by atoms with van der Waals surface area (Å²) in [4.78, 5) is 31.8. The summed E-state index contributed by atoms with van der Waals surface area (Å²) < 4.78 is 15.1. The Kier molecular flexibility index (Phi) is 6.79. The molecule has 0 fully saturated rings. The number of amides is 2. The third-order valence-corrected chi connectivity index (χ3v) is 5.69. The number of thiazole rings is 1. The van der Waals surface area contributed by atoms with E-state index in [0.717, 1.165) is 15.7 Å². The highest BCUT2D eigenvalue weighted by atomic mass is 79.9. The quantitative estimate of drug-likeness (QED) is 0.432. The first kappa shape index (κ1) is 21.9. The van der Waals surface area contributed by atoms with Crippen LogP contribution in [0.4, 0.5) is 20.9 Å². The summed E-state index contributed by atoms with van der Waals surface area (Å²) in [5.74, 6) is -1.08. The molecule has 0 aliphatic rings. The van der Waals surface area contributed by atoms with E-state index in [4.69, 9.17) is 0 Å². The molecule has 0 radical (unpaired) electrons. The Morgan fingerprint density at radius 2 is 1.90 bits per heavy atom. The zero-order valence-electron chi connectivity index (χ0n) is 16.6. The Hall–Kier alpha value is -2.84. The predicted octanol–water partition coefficient (Wildman–Crippen LogP) is 5.71. The van der Waals surface area contributed by atoms with E-state index in [-0.39, 0.29) is 17.5 Å². The topological polar surface area (TPSA) is 53.5 Å². The van der Waals surface area contributed by atoms with E-state index >= 15 is 0 Å². The fourth-order valence-corrected chi connectivity index (χ4v) is 4.20. The third kappa shape index (κ3) is 4.83. The standard InChI is InChI=1S/C22H19BrFN3O2S/c1-14-12-16(23)8-10-19(14)26(3)21(29)11-9-17-13-30-22(25-17)27(15(2)28)20-7-5-4-6-18(20)24/h4-13H,1-3H3. The van der Waals surface area contributed by atoms with Gasteiger partial charge >= 0.3 is 0 Å². The SMILES string of the molecule is CC(=O)N(c1nc(C=CC(=O)N(C)c2ccc(Br)cc2C)cs1)c1ccccc1F. The molecule has 154 valence electrons. The van der Waals surface area contributed by atoms with Crippen molar-refractivity contribution in [3.05, 3.63) is 75.5 Å². The lowest BCUT2D eigenvalue weighted by Crippen LogP contribution is -2.24. The van der Waals surface area contributed by atoms with Gasteiger partial charge < -0.3 is 4.90 Å². The van der Waals surface area contributed by atoms with Gasteiger partial charge in [-0.3, -0.25) is 14.5 Å². The first-order chi connectivity index (χ1) is 14.3. The molecule has 3 rings (SSSR count). The molecule has 2 amide bonds. The average Bonchev–Trinajstić information content (AvgIpc) is 3.15. The number of carbonyl (C=O) groups is 2. The summed E-state index contributed by atoms with van der Waals surface area (Å²) in [5, 5.41) is 2.04. The number of benzene rings is 2. The summed E-state index contributed by atoms with van der Waals surface area (Å²) in [7, 11) is 1.70. The second-order valence-corrected chi connectivity index (χ2v) is 8.27. The molecule has 3 aromatic rings. The van der Waals surface area contributed by atoms with Crippen molar-refractivity contribution in [3.63, 3.8) is 0 Å². The number of rotatable bonds is 5. The van der Waals surface area contributed by atoms with Crippen LogP contribution in [-0.4, -0.2) is 23.8 Å². The van der Waals surface area contributed by atoms with Gasteiger partial charge in [0.1, 0.15) is 5.82 Å². The summed E-state index contributed by atoms with van der Waals surface area (Å²) in [6.07, 6.45) is 2.99. The predicted molar refractivity (Wildman–Crippen MR) is 123 cm³/mol. The van der Waals surface area contributed by atoms with E-state index < -0.39 is 5.82 Å². The van der Waals surface area contributed by atoms with Crippen LogP contribution >= 0.6 is 27.3 Å². The van der Waals surface area contributed by atoms with Gasteiger partial charge in [0.25, 0.3) is 5.91 Å². The van der Waals surface area contributed by atoms with Crippen LogP contribution in [0.5, 0.6) is 0 Å². The molecule has 0 aliphatic carbocycles. The van der Waals surface area contributed by atoms with Crippen LogP contribution in [0.15, 0.2) is 58.4 Å². The molecule has 0 atom stereocenters. The smallest absolute Gasteiger partial charge is 0.250 e. The van der Waals surface area contributed by atoms with Crippen molar-refractivity contribution in [2.75, 3.05) is 16.8 Å². The zero-order chi connectivity index (χ0) is 21.8. The van der Waals surface area contributed by atoms with Gasteiger partial charge in [-0.1, -0.05) is 28.1 Å². The highest BCUT2D eigenvalue weighted by Gasteiger charge is 2.20. The van der Waals surface area contributed by atoms with E-state index in [1.807, 2.05) is 25.1 Å². The number of likely N-dealkylation sites (N-methyl/N-ethyl adjacent to an activating group) is 1. The first-order valence-corrected chi connectivity index (χ1v) is 10.7. The van der Waals surface area contributed by atoms with Crippen LogP contribution in [0.1, 0.15) is 18.2 Å². The Bertz CT molecular complexity index is 1130. The maximum atomic E-state index is 14.2. The van der Waals surface area contributed by atoms with Crippen molar-refractivity contribution in [1.82, 2.24) is 4.98 Å². The minimum Gasteiger partial charge on any atom is -0.312 e. The van der Waals surface area contributed by atoms with Crippen molar-refractivity contribution in [2.24, 2.45) is 0 Å². The highest BCUT2D eigenvalue weighted by molar-refractivity contribution is 9.10. The third-order valence-electron chi connectivity index (χ3n) is 4.36. The summed E-state index contributed by atoms with van der Waals surface area (Å²) in [6, 6.07) is 11.7. The number of para-hydroxylation sites is 1. The molecule has 0 saturated carbocycles. The molecule has 30 heavy (non-hydrogen) atoms. The summed E-state index contributed by atoms with van der Waals surface area (Å²) in [5.41, 5.74) is 2.41. The monoisotopic (exact) mass is 487 g/mol. The van der Waals surface area contributed by atoms with E-state index in [2.05, 4.69) is 20.9 Å². The average molecular weight is 488 g/mol. The van der Waals surface area contributed by atoms with Gasteiger partial charge in [0.15, 0.2) is 5.13 Å². The number of anilines is 3. The lowest BCUT2D eigenvalue weighted by atomic mass is 10.2. The van der Waals surface area contributed by atoms with Crippen molar-refractivity contribution < 1.29 is 14.0 Å². The molecular formula is C22H19BrFN3O2S. The summed E-state index contributed by atoms with van der Waals surface area (Å²) in [6.45, 7) is 3.28. The summed E-state index contributed by atoms with van der Waals surface area (Å²) >= 11 is 4.61. The van der Waals surface area contributed by atoms with Crippen molar-refractivity contribution >= 4 is 61.7 Å². The van der Waals surface area contributed by atoms with Gasteiger partial charge in [0.05, 0.1) is 11.4 Å². The molecule has 0 N–H and O–H groups in total. The minimum atomic E-state index is -0.512. The van der Waals surface area contributed by atoms with E-state index in [0.29, 0.717) is 10.8 Å². The molecule has 1 heterocycles. The van der Waals surface area contributed by atoms with Gasteiger partial charge in [-0.05, 0) is 48.9 Å². The van der Waals surface area contributed by atoms with Crippen LogP contribution in [0.25, 0.3) is 6.08 Å². The van der Waals surface area contributed by atoms with Gasteiger partial charge in [-0.25, -0.2) is 9.37 Å². The van der Waals surface area contributed by atoms with E-state index in [9.17, 15) is 14.0 Å². The highest BCUT2D eigenvalue weighted by Crippen LogP contribution is 2.31. The van der Waals surface area contributed by atoms with Crippen LogP contribution in [0.3, 0.4) is 0 Å². The molecule has 1 aromatic heterocycles. The number of hydrogen-bond donors (Lipinski definition) is 0. The van der Waals surface area contributed by atoms with Crippen molar-refractivity contribution in [1.29, 1.82) is 0 Å². The van der Waals surface area contributed by atoms with Crippen molar-refractivity contribution in [2.45, 2.75) is 13.8 Å². The normalized spacial score (nSPS) is 11.0. The lowest BCUT2D eigenvalue weighted by Gasteiger charge is -2.18. The number of nitrogens with zero attached hydrogens (tertiary/aromatic N) is 3. The molecule has 0 saturated heterocycles. The van der Waals surface area contributed by atoms with Gasteiger partial charge in [-0.2, -0.15) is 0 Å². The molecule has 5 nitrogen and oxygen atoms in total. The van der Waals surface area contributed by atoms with Crippen LogP contribution in [-0.2, 0) is 9.59 Å².